The second-order valence-corrected chi connectivity index (χ2v) is 4.65. The highest BCUT2D eigenvalue weighted by atomic mass is 79.9. The molecule has 1 rings (SSSR count). The molecule has 0 aliphatic heterocycles. The molecule has 5 nitrogen and oxygen atoms in total. The summed E-state index contributed by atoms with van der Waals surface area (Å²) in [6.07, 6.45) is 3.50. The van der Waals surface area contributed by atoms with Crippen molar-refractivity contribution in [1.29, 1.82) is 0 Å². The van der Waals surface area contributed by atoms with Crippen molar-refractivity contribution >= 4 is 27.5 Å². The predicted molar refractivity (Wildman–Crippen MR) is 72.4 cm³/mol. The Morgan fingerprint density at radius 1 is 1.71 bits per heavy atom. The largest absolute Gasteiger partial charge is 0.409 e. The minimum absolute atomic E-state index is 0.0139. The number of nitrogens with two attached hydrogens (primary N) is 1. The van der Waals surface area contributed by atoms with Crippen LogP contribution >= 0.6 is 15.9 Å². The summed E-state index contributed by atoms with van der Waals surface area (Å²) in [5, 5.41) is 11.7. The molecule has 3 N–H and O–H groups in total. The second-order valence-electron chi connectivity index (χ2n) is 3.79. The van der Waals surface area contributed by atoms with Gasteiger partial charge in [0.2, 0.25) is 0 Å². The normalized spacial score (nSPS) is 13.5. The van der Waals surface area contributed by atoms with Crippen LogP contribution in [0.2, 0.25) is 0 Å². The highest BCUT2D eigenvalue weighted by Crippen LogP contribution is 2.25. The Hall–Kier alpha value is -1.30. The molecule has 0 spiro atoms. The van der Waals surface area contributed by atoms with E-state index >= 15 is 0 Å². The van der Waals surface area contributed by atoms with Crippen molar-refractivity contribution in [1.82, 2.24) is 4.98 Å². The van der Waals surface area contributed by atoms with E-state index in [9.17, 15) is 0 Å². The third-order valence-corrected chi connectivity index (χ3v) is 3.20. The Bertz CT molecular complexity index is 397. The maximum atomic E-state index is 8.64. The monoisotopic (exact) mass is 300 g/mol. The molecule has 0 amide bonds. The molecule has 0 aliphatic carbocycles. The van der Waals surface area contributed by atoms with Gasteiger partial charge >= 0.3 is 0 Å². The van der Waals surface area contributed by atoms with Gasteiger partial charge in [0.05, 0.1) is 10.2 Å². The van der Waals surface area contributed by atoms with Gasteiger partial charge in [-0.05, 0) is 28.9 Å². The van der Waals surface area contributed by atoms with E-state index in [-0.39, 0.29) is 11.8 Å². The summed E-state index contributed by atoms with van der Waals surface area (Å²) in [6, 6.07) is 1.94. The first-order valence-corrected chi connectivity index (χ1v) is 6.21. The molecule has 94 valence electrons. The first kappa shape index (κ1) is 13.8. The lowest BCUT2D eigenvalue weighted by Gasteiger charge is -2.26. The molecule has 1 unspecified atom stereocenters. The molecule has 0 bridgehead atoms. The summed E-state index contributed by atoms with van der Waals surface area (Å²) in [5.74, 6) is 0.230. The maximum absolute atomic E-state index is 8.64. The zero-order valence-electron chi connectivity index (χ0n) is 9.97. The van der Waals surface area contributed by atoms with Crippen LogP contribution < -0.4 is 10.6 Å². The van der Waals surface area contributed by atoms with Crippen molar-refractivity contribution in [2.45, 2.75) is 13.8 Å². The van der Waals surface area contributed by atoms with Gasteiger partial charge < -0.3 is 15.8 Å². The minimum Gasteiger partial charge on any atom is -0.409 e. The number of rotatable bonds is 5. The number of hydrogen-bond donors (Lipinski definition) is 2. The highest BCUT2D eigenvalue weighted by molar-refractivity contribution is 9.10. The molecule has 0 radical (unpaired) electrons. The molecule has 0 fully saturated rings. The molecule has 1 heterocycles. The molecule has 17 heavy (non-hydrogen) atoms. The van der Waals surface area contributed by atoms with E-state index < -0.39 is 0 Å². The molecule has 1 aromatic rings. The molecule has 0 aliphatic rings. The van der Waals surface area contributed by atoms with Gasteiger partial charge in [-0.3, -0.25) is 4.98 Å². The number of pyridine rings is 1. The first-order chi connectivity index (χ1) is 8.10. The van der Waals surface area contributed by atoms with Crippen LogP contribution in [-0.2, 0) is 0 Å². The number of oxime groups is 1. The molecular formula is C11H17BrN4O. The van der Waals surface area contributed by atoms with Crippen LogP contribution in [0.3, 0.4) is 0 Å². The highest BCUT2D eigenvalue weighted by Gasteiger charge is 2.14. The van der Waals surface area contributed by atoms with Gasteiger partial charge in [0.25, 0.3) is 0 Å². The lowest BCUT2D eigenvalue weighted by atomic mass is 10.1. The van der Waals surface area contributed by atoms with Crippen LogP contribution in [-0.4, -0.2) is 29.1 Å². The average Bonchev–Trinajstić information content (AvgIpc) is 2.35. The number of nitrogens with zero attached hydrogens (tertiary/aromatic N) is 3. The topological polar surface area (TPSA) is 74.7 Å². The lowest BCUT2D eigenvalue weighted by Crippen LogP contribution is -2.35. The van der Waals surface area contributed by atoms with E-state index in [1.54, 1.807) is 12.4 Å². The van der Waals surface area contributed by atoms with Crippen molar-refractivity contribution in [3.63, 3.8) is 0 Å². The molecule has 0 saturated carbocycles. The van der Waals surface area contributed by atoms with Crippen LogP contribution in [0.4, 0.5) is 5.69 Å². The Morgan fingerprint density at radius 2 is 2.41 bits per heavy atom. The fraction of sp³-hybridized carbons (Fsp3) is 0.455. The fourth-order valence-electron chi connectivity index (χ4n) is 1.54. The quantitative estimate of drug-likeness (QED) is 0.378. The predicted octanol–water partition coefficient (Wildman–Crippen LogP) is 2.05. The standard InChI is InChI=1S/C11H17BrN4O/c1-3-16(7-8(2)11(13)15-17)10-4-5-14-6-9(10)12/h4-6,8,17H,3,7H2,1-2H3,(H2,13,15). The van der Waals surface area contributed by atoms with Gasteiger partial charge in [0, 0.05) is 31.4 Å². The second kappa shape index (κ2) is 6.44. The van der Waals surface area contributed by atoms with Crippen molar-refractivity contribution in [2.24, 2.45) is 16.8 Å². The molecular weight excluding hydrogens is 284 g/mol. The van der Waals surface area contributed by atoms with E-state index in [0.717, 1.165) is 16.7 Å². The van der Waals surface area contributed by atoms with Crippen molar-refractivity contribution in [3.05, 3.63) is 22.9 Å². The van der Waals surface area contributed by atoms with Crippen molar-refractivity contribution < 1.29 is 5.21 Å². The molecule has 1 aromatic heterocycles. The number of halogens is 1. The summed E-state index contributed by atoms with van der Waals surface area (Å²) in [7, 11) is 0. The SMILES string of the molecule is CCN(CC(C)/C(N)=N/O)c1ccncc1Br. The maximum Gasteiger partial charge on any atom is 0.143 e. The van der Waals surface area contributed by atoms with Gasteiger partial charge in [-0.2, -0.15) is 0 Å². The fourth-order valence-corrected chi connectivity index (χ4v) is 2.05. The number of anilines is 1. The smallest absolute Gasteiger partial charge is 0.143 e. The summed E-state index contributed by atoms with van der Waals surface area (Å²) in [6.45, 7) is 5.51. The Morgan fingerprint density at radius 3 is 2.94 bits per heavy atom. The summed E-state index contributed by atoms with van der Waals surface area (Å²) >= 11 is 3.47. The van der Waals surface area contributed by atoms with E-state index in [1.807, 2.05) is 13.0 Å². The molecule has 6 heteroatoms. The van der Waals surface area contributed by atoms with Crippen LogP contribution in [0, 0.1) is 5.92 Å². The Labute approximate surface area is 109 Å². The number of hydrogen-bond acceptors (Lipinski definition) is 4. The minimum atomic E-state index is -0.0139. The lowest BCUT2D eigenvalue weighted by molar-refractivity contribution is 0.314. The van der Waals surface area contributed by atoms with Gasteiger partial charge in [0.15, 0.2) is 0 Å². The van der Waals surface area contributed by atoms with Crippen molar-refractivity contribution in [2.75, 3.05) is 18.0 Å². The van der Waals surface area contributed by atoms with Gasteiger partial charge in [0.1, 0.15) is 5.84 Å². The van der Waals surface area contributed by atoms with Crippen LogP contribution in [0.25, 0.3) is 0 Å². The van der Waals surface area contributed by atoms with Gasteiger partial charge in [-0.25, -0.2) is 0 Å². The third-order valence-electron chi connectivity index (χ3n) is 2.59. The van der Waals surface area contributed by atoms with E-state index in [0.29, 0.717) is 6.54 Å². The Balaban J connectivity index is 2.83. The summed E-state index contributed by atoms with van der Waals surface area (Å²) in [4.78, 5) is 6.18. The third kappa shape index (κ3) is 3.59. The van der Waals surface area contributed by atoms with Gasteiger partial charge in [-0.1, -0.05) is 12.1 Å². The zero-order valence-corrected chi connectivity index (χ0v) is 11.6. The number of aromatic nitrogens is 1. The first-order valence-electron chi connectivity index (χ1n) is 5.42. The van der Waals surface area contributed by atoms with Gasteiger partial charge in [-0.15, -0.1) is 0 Å². The zero-order chi connectivity index (χ0) is 12.8. The van der Waals surface area contributed by atoms with E-state index in [2.05, 4.69) is 37.9 Å². The molecule has 0 aromatic carbocycles. The summed E-state index contributed by atoms with van der Waals surface area (Å²) < 4.78 is 0.938. The van der Waals surface area contributed by atoms with Crippen LogP contribution in [0.5, 0.6) is 0 Å². The molecule has 0 saturated heterocycles. The van der Waals surface area contributed by atoms with E-state index in [4.69, 9.17) is 10.9 Å². The molecule has 1 atom stereocenters. The average molecular weight is 301 g/mol. The Kier molecular flexibility index (Phi) is 5.21. The summed E-state index contributed by atoms with van der Waals surface area (Å²) in [5.41, 5.74) is 6.64. The van der Waals surface area contributed by atoms with Crippen LogP contribution in [0.15, 0.2) is 28.1 Å². The van der Waals surface area contributed by atoms with Crippen LogP contribution in [0.1, 0.15) is 13.8 Å². The number of amidine groups is 1. The van der Waals surface area contributed by atoms with Crippen molar-refractivity contribution in [3.8, 4) is 0 Å². The van der Waals surface area contributed by atoms with E-state index in [1.165, 1.54) is 0 Å².